The first kappa shape index (κ1) is 14.9. The fraction of sp³-hybridized carbons (Fsp3) is 0.600. The molecule has 0 aromatic carbocycles. The van der Waals surface area contributed by atoms with Crippen molar-refractivity contribution >= 4 is 5.91 Å². The van der Waals surface area contributed by atoms with E-state index in [1.807, 2.05) is 23.1 Å². The van der Waals surface area contributed by atoms with E-state index in [2.05, 4.69) is 4.98 Å². The summed E-state index contributed by atoms with van der Waals surface area (Å²) in [4.78, 5) is 18.7. The molecule has 0 bridgehead atoms. The summed E-state index contributed by atoms with van der Waals surface area (Å²) in [6.07, 6.45) is 4.38. The third kappa shape index (κ3) is 4.02. The Morgan fingerprint density at radius 2 is 2.35 bits per heavy atom. The molecular formula is C15H23N3O2. The van der Waals surface area contributed by atoms with Gasteiger partial charge in [-0.3, -0.25) is 9.78 Å². The highest BCUT2D eigenvalue weighted by molar-refractivity contribution is 5.79. The molecular weight excluding hydrogens is 254 g/mol. The second-order valence-electron chi connectivity index (χ2n) is 5.34. The molecule has 1 aliphatic rings. The van der Waals surface area contributed by atoms with Gasteiger partial charge in [-0.2, -0.15) is 0 Å². The topological polar surface area (TPSA) is 68.5 Å². The smallest absolute Gasteiger partial charge is 0.226 e. The van der Waals surface area contributed by atoms with Crippen molar-refractivity contribution in [3.05, 3.63) is 30.1 Å². The maximum absolute atomic E-state index is 12.6. The van der Waals surface area contributed by atoms with Gasteiger partial charge in [-0.25, -0.2) is 0 Å². The highest BCUT2D eigenvalue weighted by Gasteiger charge is 2.31. The molecule has 1 aromatic heterocycles. The van der Waals surface area contributed by atoms with E-state index in [1.165, 1.54) is 0 Å². The highest BCUT2D eigenvalue weighted by Crippen LogP contribution is 2.26. The van der Waals surface area contributed by atoms with Crippen molar-refractivity contribution in [1.82, 2.24) is 9.88 Å². The number of rotatable bonds is 6. The number of methoxy groups -OCH3 is 1. The monoisotopic (exact) mass is 277 g/mol. The van der Waals surface area contributed by atoms with E-state index in [0.717, 1.165) is 25.0 Å². The lowest BCUT2D eigenvalue weighted by molar-refractivity contribution is -0.136. The van der Waals surface area contributed by atoms with E-state index in [0.29, 0.717) is 19.7 Å². The van der Waals surface area contributed by atoms with Crippen LogP contribution >= 0.6 is 0 Å². The Kier molecular flexibility index (Phi) is 5.49. The predicted molar refractivity (Wildman–Crippen MR) is 76.8 cm³/mol. The number of pyridine rings is 1. The maximum Gasteiger partial charge on any atom is 0.226 e. The predicted octanol–water partition coefficient (Wildman–Crippen LogP) is 1.18. The fourth-order valence-electron chi connectivity index (χ4n) is 2.65. The summed E-state index contributed by atoms with van der Waals surface area (Å²) in [5.74, 6) is 0.242. The Hall–Kier alpha value is -1.46. The molecule has 2 unspecified atom stereocenters. The molecule has 5 heteroatoms. The highest BCUT2D eigenvalue weighted by atomic mass is 16.5. The molecule has 0 spiro atoms. The van der Waals surface area contributed by atoms with Gasteiger partial charge in [0.1, 0.15) is 0 Å². The maximum atomic E-state index is 12.6. The minimum Gasteiger partial charge on any atom is -0.383 e. The van der Waals surface area contributed by atoms with E-state index in [-0.39, 0.29) is 17.9 Å². The molecule has 1 aromatic rings. The molecule has 2 atom stereocenters. The number of ether oxygens (including phenoxy) is 1. The number of hydrogen-bond acceptors (Lipinski definition) is 4. The summed E-state index contributed by atoms with van der Waals surface area (Å²) < 4.78 is 5.10. The molecule has 1 aliphatic carbocycles. The van der Waals surface area contributed by atoms with Gasteiger partial charge in [0.2, 0.25) is 5.91 Å². The van der Waals surface area contributed by atoms with Crippen LogP contribution in [-0.4, -0.2) is 42.1 Å². The summed E-state index contributed by atoms with van der Waals surface area (Å²) in [5.41, 5.74) is 6.81. The van der Waals surface area contributed by atoms with Gasteiger partial charge in [0.25, 0.3) is 0 Å². The number of amides is 1. The first-order chi connectivity index (χ1) is 9.70. The van der Waals surface area contributed by atoms with E-state index < -0.39 is 0 Å². The van der Waals surface area contributed by atoms with Crippen LogP contribution in [0.15, 0.2) is 24.4 Å². The Labute approximate surface area is 120 Å². The van der Waals surface area contributed by atoms with E-state index in [4.69, 9.17) is 10.5 Å². The molecule has 20 heavy (non-hydrogen) atoms. The normalized spacial score (nSPS) is 21.9. The van der Waals surface area contributed by atoms with Crippen molar-refractivity contribution in [3.63, 3.8) is 0 Å². The average Bonchev–Trinajstić information content (AvgIpc) is 2.90. The van der Waals surface area contributed by atoms with Crippen LogP contribution in [0.5, 0.6) is 0 Å². The van der Waals surface area contributed by atoms with Crippen LogP contribution in [0.2, 0.25) is 0 Å². The number of carbonyl (C=O) groups is 1. The molecule has 1 saturated carbocycles. The lowest BCUT2D eigenvalue weighted by Gasteiger charge is -2.25. The lowest BCUT2D eigenvalue weighted by atomic mass is 10.1. The van der Waals surface area contributed by atoms with Crippen LogP contribution in [0.25, 0.3) is 0 Å². The lowest BCUT2D eigenvalue weighted by Crippen LogP contribution is -2.37. The van der Waals surface area contributed by atoms with E-state index in [9.17, 15) is 4.79 Å². The van der Waals surface area contributed by atoms with Crippen molar-refractivity contribution in [3.8, 4) is 0 Å². The summed E-state index contributed by atoms with van der Waals surface area (Å²) in [6, 6.07) is 5.92. The Balaban J connectivity index is 2.00. The van der Waals surface area contributed by atoms with Crippen molar-refractivity contribution in [2.75, 3.05) is 20.3 Å². The first-order valence-electron chi connectivity index (χ1n) is 7.14. The fourth-order valence-corrected chi connectivity index (χ4v) is 2.65. The van der Waals surface area contributed by atoms with Crippen LogP contribution in [0.3, 0.4) is 0 Å². The third-order valence-electron chi connectivity index (χ3n) is 3.78. The second-order valence-corrected chi connectivity index (χ2v) is 5.34. The van der Waals surface area contributed by atoms with Crippen molar-refractivity contribution in [2.24, 2.45) is 11.7 Å². The van der Waals surface area contributed by atoms with Gasteiger partial charge >= 0.3 is 0 Å². The molecule has 2 rings (SSSR count). The minimum absolute atomic E-state index is 0.0607. The minimum atomic E-state index is 0.0607. The summed E-state index contributed by atoms with van der Waals surface area (Å²) in [5, 5.41) is 0. The summed E-state index contributed by atoms with van der Waals surface area (Å²) >= 11 is 0. The van der Waals surface area contributed by atoms with Gasteiger partial charge in [0.05, 0.1) is 18.8 Å². The zero-order chi connectivity index (χ0) is 14.4. The molecule has 1 heterocycles. The van der Waals surface area contributed by atoms with Gasteiger partial charge in [-0.15, -0.1) is 0 Å². The number of carbonyl (C=O) groups excluding carboxylic acids is 1. The Morgan fingerprint density at radius 3 is 2.95 bits per heavy atom. The average molecular weight is 277 g/mol. The van der Waals surface area contributed by atoms with Crippen LogP contribution in [0.4, 0.5) is 0 Å². The van der Waals surface area contributed by atoms with Gasteiger partial charge in [-0.1, -0.05) is 6.07 Å². The number of hydrogen-bond donors (Lipinski definition) is 1. The third-order valence-corrected chi connectivity index (χ3v) is 3.78. The zero-order valence-corrected chi connectivity index (χ0v) is 12.0. The van der Waals surface area contributed by atoms with E-state index >= 15 is 0 Å². The molecule has 5 nitrogen and oxygen atoms in total. The summed E-state index contributed by atoms with van der Waals surface area (Å²) in [6.45, 7) is 1.67. The standard InChI is InChI=1S/C15H23N3O2/c1-20-9-8-18(11-14-4-2-3-7-17-14)15(19)12-5-6-13(16)10-12/h2-4,7,12-13H,5-6,8-11,16H2,1H3. The molecule has 0 radical (unpaired) electrons. The van der Waals surface area contributed by atoms with Crippen LogP contribution in [0.1, 0.15) is 25.0 Å². The summed E-state index contributed by atoms with van der Waals surface area (Å²) in [7, 11) is 1.65. The molecule has 0 saturated heterocycles. The van der Waals surface area contributed by atoms with Crippen LogP contribution in [-0.2, 0) is 16.1 Å². The molecule has 1 amide bonds. The Morgan fingerprint density at radius 1 is 1.50 bits per heavy atom. The van der Waals surface area contributed by atoms with Crippen molar-refractivity contribution in [1.29, 1.82) is 0 Å². The van der Waals surface area contributed by atoms with E-state index in [1.54, 1.807) is 13.3 Å². The number of nitrogens with two attached hydrogens (primary N) is 1. The van der Waals surface area contributed by atoms with Crippen LogP contribution in [0, 0.1) is 5.92 Å². The molecule has 0 aliphatic heterocycles. The van der Waals surface area contributed by atoms with Crippen LogP contribution < -0.4 is 5.73 Å². The van der Waals surface area contributed by atoms with Gasteiger partial charge < -0.3 is 15.4 Å². The largest absolute Gasteiger partial charge is 0.383 e. The quantitative estimate of drug-likeness (QED) is 0.848. The zero-order valence-electron chi connectivity index (χ0n) is 12.0. The number of nitrogens with zero attached hydrogens (tertiary/aromatic N) is 2. The van der Waals surface area contributed by atoms with Crippen molar-refractivity contribution in [2.45, 2.75) is 31.8 Å². The van der Waals surface area contributed by atoms with Gasteiger partial charge in [0, 0.05) is 31.8 Å². The molecule has 110 valence electrons. The van der Waals surface area contributed by atoms with Crippen molar-refractivity contribution < 1.29 is 9.53 Å². The molecule has 2 N–H and O–H groups in total. The number of aromatic nitrogens is 1. The SMILES string of the molecule is COCCN(Cc1ccccn1)C(=O)C1CCC(N)C1. The van der Waals surface area contributed by atoms with Gasteiger partial charge in [0.15, 0.2) is 0 Å². The first-order valence-corrected chi connectivity index (χ1v) is 7.14. The molecule has 1 fully saturated rings. The Bertz CT molecular complexity index is 424. The second kappa shape index (κ2) is 7.36. The van der Waals surface area contributed by atoms with Gasteiger partial charge in [-0.05, 0) is 31.4 Å².